The van der Waals surface area contributed by atoms with Gasteiger partial charge in [0.1, 0.15) is 18.2 Å². The molecule has 2 aromatic carbocycles. The maximum Gasteiger partial charge on any atom is 0.411 e. The molecule has 2 fully saturated rings. The van der Waals surface area contributed by atoms with E-state index in [9.17, 15) is 9.59 Å². The molecule has 4 atom stereocenters. The van der Waals surface area contributed by atoms with Crippen LogP contribution in [0.2, 0.25) is 0 Å². The van der Waals surface area contributed by atoms with Crippen LogP contribution in [0.15, 0.2) is 60.7 Å². The van der Waals surface area contributed by atoms with Gasteiger partial charge in [-0.1, -0.05) is 60.7 Å². The fourth-order valence-electron chi connectivity index (χ4n) is 4.53. The first-order chi connectivity index (χ1) is 15.8. The Kier molecular flexibility index (Phi) is 7.00. The number of hydrogen-bond acceptors (Lipinski definition) is 6. The van der Waals surface area contributed by atoms with Crippen LogP contribution in [-0.2, 0) is 32.2 Å². The van der Waals surface area contributed by atoms with Gasteiger partial charge in [0.05, 0.1) is 19.3 Å². The highest BCUT2D eigenvalue weighted by Crippen LogP contribution is 2.37. The van der Waals surface area contributed by atoms with Crippen LogP contribution in [0, 0.1) is 5.92 Å². The monoisotopic (exact) mass is 452 g/mol. The van der Waals surface area contributed by atoms with E-state index in [0.29, 0.717) is 19.8 Å². The molecule has 0 aliphatic carbocycles. The summed E-state index contributed by atoms with van der Waals surface area (Å²) in [6, 6.07) is 18.1. The minimum Gasteiger partial charge on any atom is -0.459 e. The van der Waals surface area contributed by atoms with Gasteiger partial charge in [0.15, 0.2) is 0 Å². The average molecular weight is 453 g/mol. The Bertz CT molecular complexity index is 944. The molecule has 2 aliphatic rings. The molecule has 1 amide bonds. The SMILES string of the molecule is CC(C)(C)OC(=O)N1[C@@H]2COC[C@@H]2[C@H](NCc2ccccc2)[C@@H]1C(=O)OCc1ccccc1. The molecule has 0 spiro atoms. The summed E-state index contributed by atoms with van der Waals surface area (Å²) >= 11 is 0. The van der Waals surface area contributed by atoms with Gasteiger partial charge < -0.3 is 19.5 Å². The largest absolute Gasteiger partial charge is 0.459 e. The molecule has 0 radical (unpaired) electrons. The quantitative estimate of drug-likeness (QED) is 0.676. The number of nitrogens with one attached hydrogen (secondary N) is 1. The van der Waals surface area contributed by atoms with Crippen molar-refractivity contribution in [3.8, 4) is 0 Å². The second kappa shape index (κ2) is 9.93. The molecular formula is C26H32N2O5. The summed E-state index contributed by atoms with van der Waals surface area (Å²) in [5.74, 6) is -0.472. The molecule has 2 saturated heterocycles. The topological polar surface area (TPSA) is 77.1 Å². The molecule has 0 saturated carbocycles. The Morgan fingerprint density at radius 1 is 1.00 bits per heavy atom. The summed E-state index contributed by atoms with van der Waals surface area (Å²) in [6.45, 7) is 7.01. The second-order valence-electron chi connectivity index (χ2n) is 9.59. The third kappa shape index (κ3) is 5.54. The predicted octanol–water partition coefficient (Wildman–Crippen LogP) is 3.52. The third-order valence-electron chi connectivity index (χ3n) is 6.01. The van der Waals surface area contributed by atoms with E-state index in [1.54, 1.807) is 4.90 Å². The molecule has 7 nitrogen and oxygen atoms in total. The van der Waals surface area contributed by atoms with Crippen LogP contribution in [0.5, 0.6) is 0 Å². The summed E-state index contributed by atoms with van der Waals surface area (Å²) in [5.41, 5.74) is 1.31. The van der Waals surface area contributed by atoms with Gasteiger partial charge in [-0.2, -0.15) is 0 Å². The zero-order valence-electron chi connectivity index (χ0n) is 19.4. The minimum absolute atomic E-state index is 0.0319. The van der Waals surface area contributed by atoms with Crippen molar-refractivity contribution in [2.24, 2.45) is 5.92 Å². The Labute approximate surface area is 195 Å². The lowest BCUT2D eigenvalue weighted by Crippen LogP contribution is -2.53. The van der Waals surface area contributed by atoms with Crippen molar-refractivity contribution >= 4 is 12.1 Å². The number of rotatable bonds is 6. The van der Waals surface area contributed by atoms with Crippen LogP contribution < -0.4 is 5.32 Å². The molecule has 7 heteroatoms. The van der Waals surface area contributed by atoms with Crippen molar-refractivity contribution in [2.45, 2.75) is 57.6 Å². The number of amides is 1. The number of esters is 1. The van der Waals surface area contributed by atoms with Crippen molar-refractivity contribution in [1.82, 2.24) is 10.2 Å². The van der Waals surface area contributed by atoms with Crippen LogP contribution in [0.3, 0.4) is 0 Å². The number of likely N-dealkylation sites (tertiary alicyclic amines) is 1. The van der Waals surface area contributed by atoms with Crippen LogP contribution in [0.1, 0.15) is 31.9 Å². The number of nitrogens with zero attached hydrogens (tertiary/aromatic N) is 1. The molecule has 2 aliphatic heterocycles. The summed E-state index contributed by atoms with van der Waals surface area (Å²) in [4.78, 5) is 28.2. The third-order valence-corrected chi connectivity index (χ3v) is 6.01. The van der Waals surface area contributed by atoms with Gasteiger partial charge in [0.25, 0.3) is 0 Å². The van der Waals surface area contributed by atoms with Gasteiger partial charge in [-0.15, -0.1) is 0 Å². The Morgan fingerprint density at radius 2 is 1.64 bits per heavy atom. The Hall–Kier alpha value is -2.90. The fourth-order valence-corrected chi connectivity index (χ4v) is 4.53. The van der Waals surface area contributed by atoms with Crippen LogP contribution >= 0.6 is 0 Å². The summed E-state index contributed by atoms with van der Waals surface area (Å²) in [5, 5.41) is 3.52. The first-order valence-corrected chi connectivity index (χ1v) is 11.4. The van der Waals surface area contributed by atoms with Crippen molar-refractivity contribution in [2.75, 3.05) is 13.2 Å². The molecule has 1 N–H and O–H groups in total. The molecule has 4 rings (SSSR count). The normalized spacial score (nSPS) is 24.4. The number of carbonyl (C=O) groups is 2. The molecule has 2 heterocycles. The van der Waals surface area contributed by atoms with E-state index >= 15 is 0 Å². The van der Waals surface area contributed by atoms with Crippen LogP contribution in [0.25, 0.3) is 0 Å². The van der Waals surface area contributed by atoms with Gasteiger partial charge in [0, 0.05) is 18.5 Å². The lowest BCUT2D eigenvalue weighted by Gasteiger charge is -2.32. The van der Waals surface area contributed by atoms with Crippen molar-refractivity contribution in [3.05, 3.63) is 71.8 Å². The number of benzene rings is 2. The fraction of sp³-hybridized carbons (Fsp3) is 0.462. The second-order valence-corrected chi connectivity index (χ2v) is 9.59. The lowest BCUT2D eigenvalue weighted by molar-refractivity contribution is -0.151. The van der Waals surface area contributed by atoms with E-state index in [1.165, 1.54) is 0 Å². The highest BCUT2D eigenvalue weighted by Gasteiger charge is 2.57. The smallest absolute Gasteiger partial charge is 0.411 e. The molecular weight excluding hydrogens is 420 g/mol. The van der Waals surface area contributed by atoms with Crippen molar-refractivity contribution < 1.29 is 23.8 Å². The van der Waals surface area contributed by atoms with E-state index in [0.717, 1.165) is 11.1 Å². The van der Waals surface area contributed by atoms with Gasteiger partial charge in [-0.05, 0) is 31.9 Å². The number of hydrogen-bond donors (Lipinski definition) is 1. The van der Waals surface area contributed by atoms with E-state index in [-0.39, 0.29) is 24.6 Å². The first-order valence-electron chi connectivity index (χ1n) is 11.4. The molecule has 0 unspecified atom stereocenters. The first kappa shape index (κ1) is 23.3. The zero-order valence-corrected chi connectivity index (χ0v) is 19.4. The lowest BCUT2D eigenvalue weighted by atomic mass is 9.96. The standard InChI is InChI=1S/C26H32N2O5/c1-26(2,3)33-25(30)28-21-17-31-16-20(21)22(27-14-18-10-6-4-7-11-18)23(28)24(29)32-15-19-12-8-5-9-13-19/h4-13,20-23,27H,14-17H2,1-3H3/t20-,21+,22-,23+/m0/s1. The van der Waals surface area contributed by atoms with Gasteiger partial charge in [-0.3, -0.25) is 4.90 Å². The highest BCUT2D eigenvalue weighted by molar-refractivity contribution is 5.84. The number of fused-ring (bicyclic) bond motifs is 1. The van der Waals surface area contributed by atoms with Gasteiger partial charge >= 0.3 is 12.1 Å². The maximum absolute atomic E-state index is 13.4. The molecule has 33 heavy (non-hydrogen) atoms. The van der Waals surface area contributed by atoms with E-state index in [1.807, 2.05) is 81.4 Å². The minimum atomic E-state index is -0.800. The summed E-state index contributed by atoms with van der Waals surface area (Å²) in [6.07, 6.45) is -0.520. The van der Waals surface area contributed by atoms with Crippen LogP contribution in [0.4, 0.5) is 4.79 Å². The zero-order chi connectivity index (χ0) is 23.4. The average Bonchev–Trinajstić information content (AvgIpc) is 3.37. The van der Waals surface area contributed by atoms with E-state index < -0.39 is 23.7 Å². The van der Waals surface area contributed by atoms with E-state index in [4.69, 9.17) is 14.2 Å². The highest BCUT2D eigenvalue weighted by atomic mass is 16.6. The summed E-state index contributed by atoms with van der Waals surface area (Å²) in [7, 11) is 0. The Balaban J connectivity index is 1.57. The predicted molar refractivity (Wildman–Crippen MR) is 123 cm³/mol. The molecule has 0 bridgehead atoms. The molecule has 2 aromatic rings. The van der Waals surface area contributed by atoms with Crippen molar-refractivity contribution in [1.29, 1.82) is 0 Å². The molecule has 0 aromatic heterocycles. The number of carbonyl (C=O) groups excluding carboxylic acids is 2. The summed E-state index contributed by atoms with van der Waals surface area (Å²) < 4.78 is 17.1. The van der Waals surface area contributed by atoms with Crippen molar-refractivity contribution in [3.63, 3.8) is 0 Å². The number of ether oxygens (including phenoxy) is 3. The Morgan fingerprint density at radius 3 is 2.27 bits per heavy atom. The van der Waals surface area contributed by atoms with Gasteiger partial charge in [-0.25, -0.2) is 9.59 Å². The molecule has 176 valence electrons. The van der Waals surface area contributed by atoms with E-state index in [2.05, 4.69) is 5.32 Å². The van der Waals surface area contributed by atoms with Crippen LogP contribution in [-0.4, -0.2) is 53.9 Å². The maximum atomic E-state index is 13.4. The van der Waals surface area contributed by atoms with Gasteiger partial charge in [0.2, 0.25) is 0 Å².